The van der Waals surface area contributed by atoms with E-state index in [1.807, 2.05) is 7.05 Å². The van der Waals surface area contributed by atoms with Gasteiger partial charge in [-0.25, -0.2) is 4.39 Å². The van der Waals surface area contributed by atoms with Crippen molar-refractivity contribution in [2.75, 3.05) is 20.1 Å². The first-order chi connectivity index (χ1) is 9.59. The van der Waals surface area contributed by atoms with Crippen LogP contribution in [0.15, 0.2) is 30.3 Å². The molecule has 0 bridgehead atoms. The van der Waals surface area contributed by atoms with E-state index in [2.05, 4.69) is 5.32 Å². The molecule has 0 aromatic heterocycles. The molecule has 0 radical (unpaired) electrons. The van der Waals surface area contributed by atoms with Gasteiger partial charge in [0.25, 0.3) is 0 Å². The Balaban J connectivity index is 2.09. The number of nitrogens with zero attached hydrogens (tertiary/aromatic N) is 1. The first-order valence-electron chi connectivity index (χ1n) is 7.00. The molecular formula is C16H21FN2O. The summed E-state index contributed by atoms with van der Waals surface area (Å²) in [6.45, 7) is 3.66. The Bertz CT molecular complexity index is 507. The topological polar surface area (TPSA) is 32.3 Å². The molecule has 1 fully saturated rings. The van der Waals surface area contributed by atoms with Crippen molar-refractivity contribution in [1.82, 2.24) is 10.2 Å². The van der Waals surface area contributed by atoms with Crippen molar-refractivity contribution < 1.29 is 9.18 Å². The number of allylic oxidation sites excluding steroid dienone is 1. The Kier molecular flexibility index (Phi) is 4.90. The fraction of sp³-hybridized carbons (Fsp3) is 0.438. The van der Waals surface area contributed by atoms with Gasteiger partial charge in [-0.2, -0.15) is 0 Å². The van der Waals surface area contributed by atoms with Gasteiger partial charge in [-0.15, -0.1) is 0 Å². The molecule has 1 aliphatic rings. The van der Waals surface area contributed by atoms with Gasteiger partial charge < -0.3 is 10.2 Å². The lowest BCUT2D eigenvalue weighted by Gasteiger charge is -2.31. The highest BCUT2D eigenvalue weighted by atomic mass is 19.1. The molecule has 108 valence electrons. The van der Waals surface area contributed by atoms with Crippen molar-refractivity contribution in [3.05, 3.63) is 41.7 Å². The first-order valence-corrected chi connectivity index (χ1v) is 7.00. The van der Waals surface area contributed by atoms with Crippen molar-refractivity contribution in [2.24, 2.45) is 0 Å². The quantitative estimate of drug-likeness (QED) is 0.860. The molecule has 0 saturated carbocycles. The zero-order chi connectivity index (χ0) is 14.5. The largest absolute Gasteiger partial charge is 0.339 e. The number of carbonyl (C=O) groups excluding carboxylic acids is 1. The second kappa shape index (κ2) is 6.66. The molecule has 1 N–H and O–H groups in total. The van der Waals surface area contributed by atoms with Crippen LogP contribution in [0.25, 0.3) is 5.57 Å². The number of rotatable bonds is 3. The van der Waals surface area contributed by atoms with E-state index in [4.69, 9.17) is 0 Å². The lowest BCUT2D eigenvalue weighted by molar-refractivity contribution is -0.127. The standard InChI is InChI=1S/C16H21FN2O/c1-12(14-5-3-4-6-15(14)17)11-16(20)19(2)13-7-9-18-10-8-13/h3-6,11,13,18H,7-10H2,1-2H3/b12-11-. The summed E-state index contributed by atoms with van der Waals surface area (Å²) in [5, 5.41) is 3.28. The van der Waals surface area contributed by atoms with Crippen LogP contribution in [0.1, 0.15) is 25.3 Å². The lowest BCUT2D eigenvalue weighted by Crippen LogP contribution is -2.43. The molecule has 2 rings (SSSR count). The molecule has 20 heavy (non-hydrogen) atoms. The average molecular weight is 276 g/mol. The maximum Gasteiger partial charge on any atom is 0.246 e. The number of benzene rings is 1. The van der Waals surface area contributed by atoms with E-state index in [0.717, 1.165) is 25.9 Å². The van der Waals surface area contributed by atoms with Crippen LogP contribution in [0.4, 0.5) is 4.39 Å². The van der Waals surface area contributed by atoms with Gasteiger partial charge >= 0.3 is 0 Å². The Morgan fingerprint density at radius 1 is 1.35 bits per heavy atom. The summed E-state index contributed by atoms with van der Waals surface area (Å²) in [6, 6.07) is 6.80. The van der Waals surface area contributed by atoms with Crippen LogP contribution in [0, 0.1) is 5.82 Å². The number of amides is 1. The summed E-state index contributed by atoms with van der Waals surface area (Å²) < 4.78 is 13.7. The number of likely N-dealkylation sites (N-methyl/N-ethyl adjacent to an activating group) is 1. The average Bonchev–Trinajstić information content (AvgIpc) is 2.47. The van der Waals surface area contributed by atoms with Gasteiger partial charge in [-0.05, 0) is 44.5 Å². The molecule has 1 amide bonds. The van der Waals surface area contributed by atoms with Gasteiger partial charge in [0.15, 0.2) is 0 Å². The van der Waals surface area contributed by atoms with Crippen LogP contribution < -0.4 is 5.32 Å². The van der Waals surface area contributed by atoms with E-state index in [1.165, 1.54) is 12.1 Å². The Morgan fingerprint density at radius 2 is 2.00 bits per heavy atom. The lowest BCUT2D eigenvalue weighted by atomic mass is 10.0. The first kappa shape index (κ1) is 14.7. The van der Waals surface area contributed by atoms with E-state index < -0.39 is 0 Å². The normalized spacial score (nSPS) is 17.1. The number of nitrogens with one attached hydrogen (secondary N) is 1. The second-order valence-electron chi connectivity index (χ2n) is 5.24. The number of piperidine rings is 1. The summed E-state index contributed by atoms with van der Waals surface area (Å²) >= 11 is 0. The molecule has 1 aliphatic heterocycles. The van der Waals surface area contributed by atoms with E-state index in [-0.39, 0.29) is 17.8 Å². The number of hydrogen-bond donors (Lipinski definition) is 1. The van der Waals surface area contributed by atoms with Crippen LogP contribution in [-0.2, 0) is 4.79 Å². The van der Waals surface area contributed by atoms with Crippen molar-refractivity contribution >= 4 is 11.5 Å². The zero-order valence-electron chi connectivity index (χ0n) is 12.0. The molecule has 0 unspecified atom stereocenters. The molecule has 0 atom stereocenters. The minimum absolute atomic E-state index is 0.0577. The summed E-state index contributed by atoms with van der Waals surface area (Å²) in [6.07, 6.45) is 3.46. The van der Waals surface area contributed by atoms with E-state index >= 15 is 0 Å². The molecular weight excluding hydrogens is 255 g/mol. The minimum atomic E-state index is -0.293. The van der Waals surface area contributed by atoms with Gasteiger partial charge in [0.1, 0.15) is 5.82 Å². The number of carbonyl (C=O) groups is 1. The van der Waals surface area contributed by atoms with Crippen LogP contribution in [-0.4, -0.2) is 37.0 Å². The highest BCUT2D eigenvalue weighted by Crippen LogP contribution is 2.18. The van der Waals surface area contributed by atoms with Crippen molar-refractivity contribution in [3.8, 4) is 0 Å². The van der Waals surface area contributed by atoms with Crippen molar-refractivity contribution in [2.45, 2.75) is 25.8 Å². The van der Waals surface area contributed by atoms with E-state index in [0.29, 0.717) is 11.1 Å². The Hall–Kier alpha value is -1.68. The smallest absolute Gasteiger partial charge is 0.246 e. The van der Waals surface area contributed by atoms with Gasteiger partial charge in [-0.3, -0.25) is 4.79 Å². The predicted molar refractivity (Wildman–Crippen MR) is 78.7 cm³/mol. The van der Waals surface area contributed by atoms with E-state index in [1.54, 1.807) is 30.0 Å². The van der Waals surface area contributed by atoms with Gasteiger partial charge in [0, 0.05) is 24.7 Å². The summed E-state index contributed by atoms with van der Waals surface area (Å²) in [4.78, 5) is 14.0. The summed E-state index contributed by atoms with van der Waals surface area (Å²) in [7, 11) is 1.82. The van der Waals surface area contributed by atoms with Crippen molar-refractivity contribution in [3.63, 3.8) is 0 Å². The maximum atomic E-state index is 13.7. The molecule has 3 nitrogen and oxygen atoms in total. The van der Waals surface area contributed by atoms with Gasteiger partial charge in [0.05, 0.1) is 0 Å². The number of hydrogen-bond acceptors (Lipinski definition) is 2. The summed E-state index contributed by atoms with van der Waals surface area (Å²) in [5.41, 5.74) is 1.15. The molecule has 1 saturated heterocycles. The zero-order valence-corrected chi connectivity index (χ0v) is 12.0. The van der Waals surface area contributed by atoms with Crippen molar-refractivity contribution in [1.29, 1.82) is 0 Å². The van der Waals surface area contributed by atoms with Gasteiger partial charge in [-0.1, -0.05) is 18.2 Å². The maximum absolute atomic E-state index is 13.7. The molecule has 0 aliphatic carbocycles. The second-order valence-corrected chi connectivity index (χ2v) is 5.24. The molecule has 1 aromatic rings. The van der Waals surface area contributed by atoms with E-state index in [9.17, 15) is 9.18 Å². The minimum Gasteiger partial charge on any atom is -0.339 e. The van der Waals surface area contributed by atoms with Crippen LogP contribution >= 0.6 is 0 Å². The Morgan fingerprint density at radius 3 is 2.65 bits per heavy atom. The third kappa shape index (κ3) is 3.45. The fourth-order valence-electron chi connectivity index (χ4n) is 2.52. The third-order valence-electron chi connectivity index (χ3n) is 3.84. The third-order valence-corrected chi connectivity index (χ3v) is 3.84. The highest BCUT2D eigenvalue weighted by molar-refractivity contribution is 5.94. The summed E-state index contributed by atoms with van der Waals surface area (Å²) in [5.74, 6) is -0.351. The monoisotopic (exact) mass is 276 g/mol. The van der Waals surface area contributed by atoms with Crippen LogP contribution in [0.3, 0.4) is 0 Å². The number of halogens is 1. The fourth-order valence-corrected chi connectivity index (χ4v) is 2.52. The van der Waals surface area contributed by atoms with Crippen LogP contribution in [0.5, 0.6) is 0 Å². The van der Waals surface area contributed by atoms with Gasteiger partial charge in [0.2, 0.25) is 5.91 Å². The molecule has 1 heterocycles. The Labute approximate surface area is 119 Å². The molecule has 1 aromatic carbocycles. The predicted octanol–water partition coefficient (Wildman–Crippen LogP) is 2.44. The molecule has 0 spiro atoms. The molecule has 4 heteroatoms. The van der Waals surface area contributed by atoms with Crippen LogP contribution in [0.2, 0.25) is 0 Å². The SMILES string of the molecule is C/C(=C/C(=O)N(C)C1CCNCC1)c1ccccc1F. The highest BCUT2D eigenvalue weighted by Gasteiger charge is 2.20.